The lowest BCUT2D eigenvalue weighted by Crippen LogP contribution is -1.98. The van der Waals surface area contributed by atoms with Gasteiger partial charge in [0.05, 0.1) is 18.6 Å². The second kappa shape index (κ2) is 7.40. The first-order chi connectivity index (χ1) is 12.8. The quantitative estimate of drug-likeness (QED) is 0.483. The van der Waals surface area contributed by atoms with Crippen LogP contribution >= 0.6 is 11.8 Å². The minimum Gasteiger partial charge on any atom is -0.495 e. The first-order valence-electron chi connectivity index (χ1n) is 7.89. The zero-order chi connectivity index (χ0) is 17.8. The molecule has 7 nitrogen and oxygen atoms in total. The van der Waals surface area contributed by atoms with E-state index in [1.165, 1.54) is 11.8 Å². The SMILES string of the molecule is COc1ccccc1-n1cnnc1SCc1nnc(-c2ccccc2)o1. The number of hydrogen-bond donors (Lipinski definition) is 0. The summed E-state index contributed by atoms with van der Waals surface area (Å²) >= 11 is 1.47. The second-order valence-corrected chi connectivity index (χ2v) is 6.25. The largest absolute Gasteiger partial charge is 0.495 e. The molecular weight excluding hydrogens is 350 g/mol. The van der Waals surface area contributed by atoms with E-state index in [4.69, 9.17) is 9.15 Å². The standard InChI is InChI=1S/C18H15N5O2S/c1-24-15-10-6-5-9-14(15)23-12-19-22-18(23)26-11-16-20-21-17(25-16)13-7-3-2-4-8-13/h2-10,12H,11H2,1H3. The smallest absolute Gasteiger partial charge is 0.247 e. The van der Waals surface area contributed by atoms with Crippen molar-refractivity contribution in [1.82, 2.24) is 25.0 Å². The van der Waals surface area contributed by atoms with E-state index in [1.807, 2.05) is 59.2 Å². The van der Waals surface area contributed by atoms with Gasteiger partial charge in [-0.05, 0) is 24.3 Å². The summed E-state index contributed by atoms with van der Waals surface area (Å²) in [6.45, 7) is 0. The molecule has 0 saturated heterocycles. The molecule has 0 N–H and O–H groups in total. The number of rotatable bonds is 6. The molecule has 2 aromatic heterocycles. The van der Waals surface area contributed by atoms with Gasteiger partial charge in [-0.25, -0.2) is 0 Å². The zero-order valence-corrected chi connectivity index (χ0v) is 14.8. The maximum Gasteiger partial charge on any atom is 0.247 e. The first-order valence-corrected chi connectivity index (χ1v) is 8.88. The third kappa shape index (κ3) is 3.31. The maximum absolute atomic E-state index is 5.73. The highest BCUT2D eigenvalue weighted by Gasteiger charge is 2.14. The van der Waals surface area contributed by atoms with Crippen molar-refractivity contribution in [3.63, 3.8) is 0 Å². The maximum atomic E-state index is 5.73. The number of methoxy groups -OCH3 is 1. The summed E-state index contributed by atoms with van der Waals surface area (Å²) in [4.78, 5) is 0. The molecule has 0 atom stereocenters. The molecule has 0 aliphatic rings. The van der Waals surface area contributed by atoms with Crippen molar-refractivity contribution in [2.24, 2.45) is 0 Å². The zero-order valence-electron chi connectivity index (χ0n) is 13.9. The molecule has 0 radical (unpaired) electrons. The predicted octanol–water partition coefficient (Wildman–Crippen LogP) is 3.62. The molecular formula is C18H15N5O2S. The molecule has 0 aliphatic carbocycles. The minimum absolute atomic E-state index is 0.494. The molecule has 8 heteroatoms. The fourth-order valence-electron chi connectivity index (χ4n) is 2.45. The van der Waals surface area contributed by atoms with Gasteiger partial charge in [-0.1, -0.05) is 42.1 Å². The Labute approximate surface area is 154 Å². The van der Waals surface area contributed by atoms with E-state index in [-0.39, 0.29) is 0 Å². The minimum atomic E-state index is 0.494. The van der Waals surface area contributed by atoms with Crippen LogP contribution in [-0.2, 0) is 5.75 Å². The van der Waals surface area contributed by atoms with Crippen LogP contribution in [0, 0.1) is 0 Å². The Morgan fingerprint density at radius 1 is 1.00 bits per heavy atom. The van der Waals surface area contributed by atoms with Crippen LogP contribution in [-0.4, -0.2) is 32.1 Å². The molecule has 130 valence electrons. The molecule has 2 heterocycles. The van der Waals surface area contributed by atoms with E-state index in [2.05, 4.69) is 20.4 Å². The Morgan fingerprint density at radius 3 is 2.65 bits per heavy atom. The summed E-state index contributed by atoms with van der Waals surface area (Å²) in [5.74, 6) is 2.28. The highest BCUT2D eigenvalue weighted by Crippen LogP contribution is 2.28. The molecule has 0 spiro atoms. The van der Waals surface area contributed by atoms with Crippen LogP contribution in [0.2, 0.25) is 0 Å². The highest BCUT2D eigenvalue weighted by atomic mass is 32.2. The third-order valence-corrected chi connectivity index (χ3v) is 4.60. The summed E-state index contributed by atoms with van der Waals surface area (Å²) in [5.41, 5.74) is 1.77. The van der Waals surface area contributed by atoms with Crippen molar-refractivity contribution < 1.29 is 9.15 Å². The van der Waals surface area contributed by atoms with Gasteiger partial charge in [0, 0.05) is 5.56 Å². The van der Waals surface area contributed by atoms with Crippen molar-refractivity contribution >= 4 is 11.8 Å². The molecule has 2 aromatic carbocycles. The molecule has 0 fully saturated rings. The van der Waals surface area contributed by atoms with E-state index in [0.717, 1.165) is 17.0 Å². The Bertz CT molecular complexity index is 1000. The molecule has 0 unspecified atom stereocenters. The van der Waals surface area contributed by atoms with Crippen LogP contribution in [0.5, 0.6) is 5.75 Å². The number of benzene rings is 2. The number of ether oxygens (including phenoxy) is 1. The average molecular weight is 365 g/mol. The Morgan fingerprint density at radius 2 is 1.81 bits per heavy atom. The van der Waals surface area contributed by atoms with E-state index >= 15 is 0 Å². The van der Waals surface area contributed by atoms with Gasteiger partial charge >= 0.3 is 0 Å². The van der Waals surface area contributed by atoms with E-state index in [9.17, 15) is 0 Å². The van der Waals surface area contributed by atoms with Crippen LogP contribution in [0.3, 0.4) is 0 Å². The molecule has 0 saturated carbocycles. The lowest BCUT2D eigenvalue weighted by atomic mass is 10.2. The lowest BCUT2D eigenvalue weighted by Gasteiger charge is -2.10. The van der Waals surface area contributed by atoms with Crippen molar-refractivity contribution in [2.75, 3.05) is 7.11 Å². The normalized spacial score (nSPS) is 10.8. The molecule has 4 rings (SSSR count). The number of para-hydroxylation sites is 2. The Balaban J connectivity index is 1.52. The lowest BCUT2D eigenvalue weighted by molar-refractivity contribution is 0.412. The highest BCUT2D eigenvalue weighted by molar-refractivity contribution is 7.98. The predicted molar refractivity (Wildman–Crippen MR) is 97.2 cm³/mol. The topological polar surface area (TPSA) is 78.9 Å². The van der Waals surface area contributed by atoms with Gasteiger partial charge < -0.3 is 9.15 Å². The number of hydrogen-bond acceptors (Lipinski definition) is 7. The van der Waals surface area contributed by atoms with Crippen molar-refractivity contribution in [3.05, 3.63) is 66.8 Å². The van der Waals surface area contributed by atoms with Crippen molar-refractivity contribution in [1.29, 1.82) is 0 Å². The van der Waals surface area contributed by atoms with Gasteiger partial charge in [0.2, 0.25) is 11.8 Å². The first kappa shape index (κ1) is 16.3. The number of aromatic nitrogens is 5. The third-order valence-electron chi connectivity index (χ3n) is 3.67. The average Bonchev–Trinajstić information content (AvgIpc) is 3.36. The van der Waals surface area contributed by atoms with Gasteiger partial charge in [-0.15, -0.1) is 20.4 Å². The molecule has 26 heavy (non-hydrogen) atoms. The summed E-state index contributed by atoms with van der Waals surface area (Å²) in [5, 5.41) is 17.1. The summed E-state index contributed by atoms with van der Waals surface area (Å²) < 4.78 is 13.0. The van der Waals surface area contributed by atoms with Gasteiger partial charge in [0.15, 0.2) is 5.16 Å². The van der Waals surface area contributed by atoms with Crippen LogP contribution in [0.4, 0.5) is 0 Å². The summed E-state index contributed by atoms with van der Waals surface area (Å²) in [7, 11) is 1.64. The molecule has 4 aromatic rings. The second-order valence-electron chi connectivity index (χ2n) is 5.31. The van der Waals surface area contributed by atoms with Crippen molar-refractivity contribution in [2.45, 2.75) is 10.9 Å². The molecule has 0 amide bonds. The van der Waals surface area contributed by atoms with E-state index < -0.39 is 0 Å². The van der Waals surface area contributed by atoms with Gasteiger partial charge in [-0.3, -0.25) is 4.57 Å². The van der Waals surface area contributed by atoms with Gasteiger partial charge in [0.25, 0.3) is 0 Å². The van der Waals surface area contributed by atoms with Crippen LogP contribution in [0.25, 0.3) is 17.1 Å². The number of thioether (sulfide) groups is 1. The monoisotopic (exact) mass is 365 g/mol. The van der Waals surface area contributed by atoms with E-state index in [1.54, 1.807) is 13.4 Å². The summed E-state index contributed by atoms with van der Waals surface area (Å²) in [6, 6.07) is 17.4. The van der Waals surface area contributed by atoms with Gasteiger partial charge in [0.1, 0.15) is 12.1 Å². The van der Waals surface area contributed by atoms with Gasteiger partial charge in [-0.2, -0.15) is 0 Å². The Kier molecular flexibility index (Phi) is 4.65. The molecule has 0 bridgehead atoms. The molecule has 0 aliphatic heterocycles. The van der Waals surface area contributed by atoms with Crippen molar-refractivity contribution in [3.8, 4) is 22.9 Å². The Hall–Kier alpha value is -3.13. The van der Waals surface area contributed by atoms with E-state index in [0.29, 0.717) is 22.7 Å². The fraction of sp³-hybridized carbons (Fsp3) is 0.111. The fourth-order valence-corrected chi connectivity index (χ4v) is 3.21. The number of nitrogens with zero attached hydrogens (tertiary/aromatic N) is 5. The summed E-state index contributed by atoms with van der Waals surface area (Å²) in [6.07, 6.45) is 1.66. The van der Waals surface area contributed by atoms with Crippen LogP contribution in [0.15, 0.2) is 70.5 Å². The van der Waals surface area contributed by atoms with Crippen LogP contribution < -0.4 is 4.74 Å². The van der Waals surface area contributed by atoms with Crippen LogP contribution in [0.1, 0.15) is 5.89 Å².